The van der Waals surface area contributed by atoms with E-state index in [2.05, 4.69) is 9.89 Å². The van der Waals surface area contributed by atoms with Crippen molar-refractivity contribution in [2.75, 3.05) is 41.7 Å². The maximum atomic E-state index is 13.3. The van der Waals surface area contributed by atoms with Crippen molar-refractivity contribution in [3.8, 4) is 0 Å². The van der Waals surface area contributed by atoms with Gasteiger partial charge in [0.05, 0.1) is 11.4 Å². The van der Waals surface area contributed by atoms with Crippen molar-refractivity contribution >= 4 is 52.0 Å². The van der Waals surface area contributed by atoms with Crippen LogP contribution in [0, 0.1) is 5.82 Å². The smallest absolute Gasteiger partial charge is 0.283 e. The summed E-state index contributed by atoms with van der Waals surface area (Å²) in [6, 6.07) is 22.5. The number of anilines is 2. The van der Waals surface area contributed by atoms with Gasteiger partial charge in [-0.2, -0.15) is 0 Å². The number of para-hydroxylation sites is 1. The van der Waals surface area contributed by atoms with Gasteiger partial charge in [0, 0.05) is 37.4 Å². The number of rotatable bonds is 6. The first kappa shape index (κ1) is 26.4. The highest BCUT2D eigenvalue weighted by Crippen LogP contribution is 2.29. The molecule has 0 radical (unpaired) electrons. The van der Waals surface area contributed by atoms with E-state index < -0.39 is 0 Å². The maximum Gasteiger partial charge on any atom is 0.283 e. The van der Waals surface area contributed by atoms with E-state index in [4.69, 9.17) is 0 Å². The Balaban J connectivity index is 1.25. The zero-order valence-electron chi connectivity index (χ0n) is 21.4. The minimum Gasteiger partial charge on any atom is -0.368 e. The quantitative estimate of drug-likeness (QED) is 0.329. The van der Waals surface area contributed by atoms with Crippen molar-refractivity contribution < 1.29 is 18.8 Å². The molecule has 1 fully saturated rings. The van der Waals surface area contributed by atoms with E-state index in [1.54, 1.807) is 25.1 Å². The Morgan fingerprint density at radius 3 is 2.21 bits per heavy atom. The van der Waals surface area contributed by atoms with Crippen LogP contribution in [0.5, 0.6) is 0 Å². The fourth-order valence-electron chi connectivity index (χ4n) is 4.45. The number of nitrogens with zero attached hydrogens (tertiary/aromatic N) is 4. The minimum absolute atomic E-state index is 0.0225. The molecule has 0 unspecified atom stereocenters. The van der Waals surface area contributed by atoms with Crippen LogP contribution in [0.2, 0.25) is 0 Å². The fraction of sp³-hybridized carbons (Fsp3) is 0.200. The summed E-state index contributed by atoms with van der Waals surface area (Å²) < 4.78 is 13.3. The summed E-state index contributed by atoms with van der Waals surface area (Å²) >= 11 is 1.23. The van der Waals surface area contributed by atoms with E-state index in [1.165, 1.54) is 28.8 Å². The molecule has 2 aliphatic rings. The predicted octanol–water partition coefficient (Wildman–Crippen LogP) is 4.85. The molecule has 0 aliphatic carbocycles. The number of carbonyl (C=O) groups excluding carboxylic acids is 3. The number of thioether (sulfide) groups is 1. The van der Waals surface area contributed by atoms with Gasteiger partial charge in [0.25, 0.3) is 5.91 Å². The van der Waals surface area contributed by atoms with Crippen LogP contribution in [0.1, 0.15) is 22.8 Å². The molecule has 0 bridgehead atoms. The number of carbonyl (C=O) groups is 3. The summed E-state index contributed by atoms with van der Waals surface area (Å²) in [5, 5.41) is 0.428. The number of halogens is 1. The highest BCUT2D eigenvalue weighted by atomic mass is 32.2. The number of hydrogen-bond acceptors (Lipinski definition) is 6. The molecule has 9 heteroatoms. The lowest BCUT2D eigenvalue weighted by Crippen LogP contribution is -2.49. The number of hydrogen-bond donors (Lipinski definition) is 0. The second kappa shape index (κ2) is 11.7. The lowest BCUT2D eigenvalue weighted by atomic mass is 10.1. The molecule has 198 valence electrons. The zero-order chi connectivity index (χ0) is 27.4. The van der Waals surface area contributed by atoms with E-state index in [-0.39, 0.29) is 34.9 Å². The molecule has 1 saturated heterocycles. The summed E-state index contributed by atoms with van der Waals surface area (Å²) in [5.74, 6) is -0.500. The summed E-state index contributed by atoms with van der Waals surface area (Å²) in [6.45, 7) is 4.09. The van der Waals surface area contributed by atoms with E-state index in [0.717, 1.165) is 5.69 Å². The standard InChI is InChI=1S/C30H27FN4O3S/c1-21(36)23-9-13-25(14-10-23)33-15-17-34(18-16-33)28(37)20-39-30-32-27(19-22-7-11-24(31)12-8-22)29(38)35(30)26-5-3-2-4-6-26/h2-14,19H,15-18,20H2,1H3. The summed E-state index contributed by atoms with van der Waals surface area (Å²) in [7, 11) is 0. The van der Waals surface area contributed by atoms with Gasteiger partial charge in [0.15, 0.2) is 11.0 Å². The third-order valence-corrected chi connectivity index (χ3v) is 7.54. The van der Waals surface area contributed by atoms with Crippen LogP contribution in [0.4, 0.5) is 15.8 Å². The van der Waals surface area contributed by atoms with Crippen molar-refractivity contribution in [1.29, 1.82) is 0 Å². The Labute approximate surface area is 230 Å². The maximum absolute atomic E-state index is 13.3. The first-order chi connectivity index (χ1) is 18.9. The highest BCUT2D eigenvalue weighted by Gasteiger charge is 2.33. The SMILES string of the molecule is CC(=O)c1ccc(N2CCN(C(=O)CSC3=NC(=Cc4ccc(F)cc4)C(=O)N3c3ccccc3)CC2)cc1. The second-order valence-corrected chi connectivity index (χ2v) is 10.2. The molecule has 0 aromatic heterocycles. The minimum atomic E-state index is -0.356. The number of amides is 2. The lowest BCUT2D eigenvalue weighted by Gasteiger charge is -2.36. The van der Waals surface area contributed by atoms with Crippen LogP contribution in [-0.4, -0.2) is 59.6 Å². The van der Waals surface area contributed by atoms with Gasteiger partial charge < -0.3 is 9.80 Å². The summed E-state index contributed by atoms with van der Waals surface area (Å²) in [4.78, 5) is 48.0. The monoisotopic (exact) mass is 542 g/mol. The van der Waals surface area contributed by atoms with Crippen LogP contribution in [0.3, 0.4) is 0 Å². The molecule has 7 nitrogen and oxygen atoms in total. The van der Waals surface area contributed by atoms with Gasteiger partial charge in [-0.25, -0.2) is 9.38 Å². The van der Waals surface area contributed by atoms with Gasteiger partial charge in [-0.15, -0.1) is 0 Å². The Kier molecular flexibility index (Phi) is 7.88. The van der Waals surface area contributed by atoms with Crippen LogP contribution >= 0.6 is 11.8 Å². The molecule has 5 rings (SSSR count). The summed E-state index contributed by atoms with van der Waals surface area (Å²) in [5.41, 5.74) is 3.25. The van der Waals surface area contributed by atoms with Crippen LogP contribution in [0.15, 0.2) is 89.6 Å². The van der Waals surface area contributed by atoms with Gasteiger partial charge >= 0.3 is 0 Å². The molecule has 3 aromatic carbocycles. The molecule has 0 atom stereocenters. The molecule has 39 heavy (non-hydrogen) atoms. The third-order valence-electron chi connectivity index (χ3n) is 6.61. The normalized spacial score (nSPS) is 16.6. The van der Waals surface area contributed by atoms with Crippen molar-refractivity contribution in [3.63, 3.8) is 0 Å². The fourth-order valence-corrected chi connectivity index (χ4v) is 5.37. The highest BCUT2D eigenvalue weighted by molar-refractivity contribution is 8.14. The Morgan fingerprint density at radius 2 is 1.56 bits per heavy atom. The van der Waals surface area contributed by atoms with E-state index in [1.807, 2.05) is 59.5 Å². The van der Waals surface area contributed by atoms with Crippen molar-refractivity contribution in [3.05, 3.63) is 102 Å². The molecule has 0 N–H and O–H groups in total. The zero-order valence-corrected chi connectivity index (χ0v) is 22.2. The first-order valence-corrected chi connectivity index (χ1v) is 13.6. The molecule has 2 aliphatic heterocycles. The number of piperazine rings is 1. The average Bonchev–Trinajstić information content (AvgIpc) is 3.27. The number of Topliss-reactive ketones (excluding diaryl/α,β-unsaturated/α-hetero) is 1. The Morgan fingerprint density at radius 1 is 0.897 bits per heavy atom. The topological polar surface area (TPSA) is 73.3 Å². The number of ketones is 1. The van der Waals surface area contributed by atoms with Crippen LogP contribution in [-0.2, 0) is 9.59 Å². The van der Waals surface area contributed by atoms with E-state index >= 15 is 0 Å². The van der Waals surface area contributed by atoms with Gasteiger partial charge in [-0.1, -0.05) is 42.1 Å². The Hall–Kier alpha value is -4.24. The first-order valence-electron chi connectivity index (χ1n) is 12.6. The number of benzene rings is 3. The lowest BCUT2D eigenvalue weighted by molar-refractivity contribution is -0.128. The van der Waals surface area contributed by atoms with Gasteiger partial charge in [-0.3, -0.25) is 19.3 Å². The molecule has 0 spiro atoms. The second-order valence-electron chi connectivity index (χ2n) is 9.21. The molecule has 2 heterocycles. The van der Waals surface area contributed by atoms with Crippen molar-refractivity contribution in [2.24, 2.45) is 4.99 Å². The molecule has 3 aromatic rings. The van der Waals surface area contributed by atoms with Gasteiger partial charge in [0.1, 0.15) is 11.5 Å². The van der Waals surface area contributed by atoms with E-state index in [9.17, 15) is 18.8 Å². The van der Waals surface area contributed by atoms with Gasteiger partial charge in [-0.05, 0) is 67.1 Å². The van der Waals surface area contributed by atoms with Crippen LogP contribution in [0.25, 0.3) is 6.08 Å². The van der Waals surface area contributed by atoms with Crippen molar-refractivity contribution in [2.45, 2.75) is 6.92 Å². The van der Waals surface area contributed by atoms with Crippen molar-refractivity contribution in [1.82, 2.24) is 4.90 Å². The van der Waals surface area contributed by atoms with Crippen LogP contribution < -0.4 is 9.80 Å². The predicted molar refractivity (Wildman–Crippen MR) is 153 cm³/mol. The largest absolute Gasteiger partial charge is 0.368 e. The molecule has 2 amide bonds. The average molecular weight is 543 g/mol. The molecular weight excluding hydrogens is 515 g/mol. The number of aliphatic imine (C=N–C) groups is 1. The molecule has 0 saturated carbocycles. The van der Waals surface area contributed by atoms with Gasteiger partial charge in [0.2, 0.25) is 5.91 Å². The molecular formula is C30H27FN4O3S. The summed E-state index contributed by atoms with van der Waals surface area (Å²) in [6.07, 6.45) is 1.62. The number of amidine groups is 1. The van der Waals surface area contributed by atoms with E-state index in [0.29, 0.717) is 48.2 Å². The third kappa shape index (κ3) is 6.09. The Bertz CT molecular complexity index is 1430.